The van der Waals surface area contributed by atoms with E-state index >= 15 is 0 Å². The van der Waals surface area contributed by atoms with Gasteiger partial charge in [0.25, 0.3) is 0 Å². The molecule has 1 aromatic carbocycles. The molecular formula is C22H30ClN3O2S2. The Morgan fingerprint density at radius 3 is 2.53 bits per heavy atom. The lowest BCUT2D eigenvalue weighted by atomic mass is 10.2. The van der Waals surface area contributed by atoms with Gasteiger partial charge in [-0.25, -0.2) is 14.7 Å². The Bertz CT molecular complexity index is 782. The molecule has 1 aliphatic rings. The monoisotopic (exact) mass is 467 g/mol. The van der Waals surface area contributed by atoms with Crippen LogP contribution in [-0.4, -0.2) is 52.7 Å². The summed E-state index contributed by atoms with van der Waals surface area (Å²) in [6.07, 6.45) is 1.34. The van der Waals surface area contributed by atoms with Crippen LogP contribution in [0.3, 0.4) is 0 Å². The van der Waals surface area contributed by atoms with Crippen LogP contribution >= 0.6 is 35.9 Å². The number of para-hydroxylation sites is 1. The molecule has 0 saturated carbocycles. The quantitative estimate of drug-likeness (QED) is 0.437. The Kier molecular flexibility index (Phi) is 9.81. The molecule has 0 unspecified atom stereocenters. The molecule has 2 heterocycles. The molecule has 0 atom stereocenters. The summed E-state index contributed by atoms with van der Waals surface area (Å²) in [5, 5.41) is 0. The first-order valence-corrected chi connectivity index (χ1v) is 12.0. The highest BCUT2D eigenvalue weighted by Crippen LogP contribution is 2.46. The number of amides is 1. The van der Waals surface area contributed by atoms with Crippen molar-refractivity contribution in [3.63, 3.8) is 0 Å². The van der Waals surface area contributed by atoms with Gasteiger partial charge in [0.05, 0.1) is 10.6 Å². The second kappa shape index (κ2) is 11.8. The summed E-state index contributed by atoms with van der Waals surface area (Å²) in [7, 11) is 0. The molecule has 0 spiro atoms. The molecule has 2 aromatic rings. The van der Waals surface area contributed by atoms with Gasteiger partial charge in [-0.05, 0) is 52.0 Å². The summed E-state index contributed by atoms with van der Waals surface area (Å²) in [6.45, 7) is 10.4. The third-order valence-electron chi connectivity index (χ3n) is 4.74. The van der Waals surface area contributed by atoms with Crippen LogP contribution in [0, 0.1) is 0 Å². The molecule has 0 fully saturated rings. The molecule has 0 aliphatic carbocycles. The van der Waals surface area contributed by atoms with E-state index in [1.54, 1.807) is 22.9 Å². The normalized spacial score (nSPS) is 12.6. The van der Waals surface area contributed by atoms with Gasteiger partial charge in [-0.15, -0.1) is 12.4 Å². The second-order valence-electron chi connectivity index (χ2n) is 7.38. The predicted molar refractivity (Wildman–Crippen MR) is 130 cm³/mol. The number of aromatic nitrogens is 1. The fraction of sp³-hybridized carbons (Fsp3) is 0.455. The SMILES string of the molecule is CC(C)N(CCSCCOC(=O)N1c2ccccc2Sc2cccnc21)C(C)C.Cl. The Balaban J connectivity index is 0.00000320. The lowest BCUT2D eigenvalue weighted by Crippen LogP contribution is -2.38. The number of carbonyl (C=O) groups excluding carboxylic acids is 1. The molecule has 1 amide bonds. The van der Waals surface area contributed by atoms with Gasteiger partial charge in [0.2, 0.25) is 0 Å². The number of anilines is 2. The number of halogens is 1. The minimum Gasteiger partial charge on any atom is -0.448 e. The predicted octanol–water partition coefficient (Wildman–Crippen LogP) is 6.09. The summed E-state index contributed by atoms with van der Waals surface area (Å²) in [6, 6.07) is 12.8. The molecule has 8 heteroatoms. The van der Waals surface area contributed by atoms with Gasteiger partial charge in [0.15, 0.2) is 5.82 Å². The fourth-order valence-electron chi connectivity index (χ4n) is 3.41. The van der Waals surface area contributed by atoms with E-state index < -0.39 is 0 Å². The lowest BCUT2D eigenvalue weighted by molar-refractivity contribution is 0.163. The van der Waals surface area contributed by atoms with Crippen LogP contribution in [-0.2, 0) is 4.74 Å². The Morgan fingerprint density at radius 1 is 1.10 bits per heavy atom. The van der Waals surface area contributed by atoms with E-state index in [0.29, 0.717) is 24.5 Å². The summed E-state index contributed by atoms with van der Waals surface area (Å²) in [4.78, 5) is 23.4. The zero-order valence-corrected chi connectivity index (χ0v) is 20.4. The van der Waals surface area contributed by atoms with Crippen LogP contribution in [0.4, 0.5) is 16.3 Å². The third kappa shape index (κ3) is 6.06. The van der Waals surface area contributed by atoms with Crippen LogP contribution < -0.4 is 4.90 Å². The number of hydrogen-bond acceptors (Lipinski definition) is 6. The van der Waals surface area contributed by atoms with Crippen molar-refractivity contribution in [1.82, 2.24) is 9.88 Å². The van der Waals surface area contributed by atoms with Crippen LogP contribution in [0.5, 0.6) is 0 Å². The molecule has 0 N–H and O–H groups in total. The van der Waals surface area contributed by atoms with Crippen molar-refractivity contribution in [2.45, 2.75) is 49.6 Å². The van der Waals surface area contributed by atoms with Crippen molar-refractivity contribution in [1.29, 1.82) is 0 Å². The van der Waals surface area contributed by atoms with Gasteiger partial charge in [-0.2, -0.15) is 11.8 Å². The minimum atomic E-state index is -0.371. The standard InChI is InChI=1S/C22H29N3O2S2.ClH/c1-16(2)24(17(3)4)12-14-28-15-13-27-22(26)25-18-8-5-6-9-19(18)29-20-10-7-11-23-21(20)25;/h5-11,16-17H,12-15H2,1-4H3;1H. The third-order valence-corrected chi connectivity index (χ3v) is 6.78. The average Bonchev–Trinajstić information content (AvgIpc) is 2.70. The van der Waals surface area contributed by atoms with E-state index in [4.69, 9.17) is 4.74 Å². The summed E-state index contributed by atoms with van der Waals surface area (Å²) < 4.78 is 5.60. The highest BCUT2D eigenvalue weighted by Gasteiger charge is 2.30. The fourth-order valence-corrected chi connectivity index (χ4v) is 5.19. The van der Waals surface area contributed by atoms with Gasteiger partial charge < -0.3 is 4.74 Å². The van der Waals surface area contributed by atoms with Crippen LogP contribution in [0.1, 0.15) is 27.7 Å². The zero-order valence-electron chi connectivity index (χ0n) is 17.9. The second-order valence-corrected chi connectivity index (χ2v) is 9.69. The highest BCUT2D eigenvalue weighted by molar-refractivity contribution is 7.99. The minimum absolute atomic E-state index is 0. The molecule has 164 valence electrons. The number of fused-ring (bicyclic) bond motifs is 2. The molecule has 5 nitrogen and oxygen atoms in total. The zero-order chi connectivity index (χ0) is 20.8. The van der Waals surface area contributed by atoms with Crippen molar-refractivity contribution in [3.8, 4) is 0 Å². The molecule has 30 heavy (non-hydrogen) atoms. The number of thioether (sulfide) groups is 1. The Hall–Kier alpha value is -1.41. The first-order valence-electron chi connectivity index (χ1n) is 10.0. The molecular weight excluding hydrogens is 438 g/mol. The molecule has 3 rings (SSSR count). The number of ether oxygens (including phenoxy) is 1. The van der Waals surface area contributed by atoms with Crippen molar-refractivity contribution >= 4 is 53.5 Å². The maximum absolute atomic E-state index is 12.9. The summed E-state index contributed by atoms with van der Waals surface area (Å²) >= 11 is 3.44. The molecule has 1 aliphatic heterocycles. The van der Waals surface area contributed by atoms with Crippen molar-refractivity contribution in [3.05, 3.63) is 42.6 Å². The van der Waals surface area contributed by atoms with Gasteiger partial charge >= 0.3 is 6.09 Å². The number of carbonyl (C=O) groups is 1. The number of rotatable bonds is 8. The maximum atomic E-state index is 12.9. The van der Waals surface area contributed by atoms with Gasteiger partial charge in [-0.3, -0.25) is 4.90 Å². The summed E-state index contributed by atoms with van der Waals surface area (Å²) in [5.74, 6) is 2.45. The van der Waals surface area contributed by atoms with Crippen LogP contribution in [0.25, 0.3) is 0 Å². The molecule has 0 bridgehead atoms. The molecule has 0 radical (unpaired) electrons. The average molecular weight is 468 g/mol. The van der Waals surface area contributed by atoms with E-state index in [-0.39, 0.29) is 18.5 Å². The van der Waals surface area contributed by atoms with Crippen molar-refractivity contribution in [2.24, 2.45) is 0 Å². The Morgan fingerprint density at radius 2 is 1.80 bits per heavy atom. The lowest BCUT2D eigenvalue weighted by Gasteiger charge is -2.30. The summed E-state index contributed by atoms with van der Waals surface area (Å²) in [5.41, 5.74) is 0.825. The van der Waals surface area contributed by atoms with Gasteiger partial charge in [0.1, 0.15) is 6.61 Å². The van der Waals surface area contributed by atoms with Gasteiger partial charge in [0, 0.05) is 41.2 Å². The van der Waals surface area contributed by atoms with Gasteiger partial charge in [-0.1, -0.05) is 23.9 Å². The maximum Gasteiger partial charge on any atom is 0.420 e. The van der Waals surface area contributed by atoms with Crippen molar-refractivity contribution in [2.75, 3.05) is 29.6 Å². The van der Waals surface area contributed by atoms with E-state index in [0.717, 1.165) is 33.5 Å². The topological polar surface area (TPSA) is 45.7 Å². The van der Waals surface area contributed by atoms with E-state index in [1.165, 1.54) is 0 Å². The first kappa shape index (κ1) is 24.9. The highest BCUT2D eigenvalue weighted by atomic mass is 35.5. The van der Waals surface area contributed by atoms with E-state index in [1.807, 2.05) is 48.2 Å². The number of nitrogens with zero attached hydrogens (tertiary/aromatic N) is 3. The van der Waals surface area contributed by atoms with Crippen LogP contribution in [0.15, 0.2) is 52.4 Å². The smallest absolute Gasteiger partial charge is 0.420 e. The molecule has 1 aromatic heterocycles. The largest absolute Gasteiger partial charge is 0.448 e. The first-order chi connectivity index (χ1) is 14.0. The number of hydrogen-bond donors (Lipinski definition) is 0. The number of benzene rings is 1. The molecule has 0 saturated heterocycles. The Labute approximate surface area is 194 Å². The van der Waals surface area contributed by atoms with E-state index in [9.17, 15) is 4.79 Å². The van der Waals surface area contributed by atoms with Crippen molar-refractivity contribution < 1.29 is 9.53 Å². The van der Waals surface area contributed by atoms with E-state index in [2.05, 4.69) is 37.6 Å². The number of pyridine rings is 1. The van der Waals surface area contributed by atoms with Crippen LogP contribution in [0.2, 0.25) is 0 Å².